The molecule has 2 atom stereocenters. The lowest BCUT2D eigenvalue weighted by atomic mass is 9.92. The first-order valence-corrected chi connectivity index (χ1v) is 11.4. The summed E-state index contributed by atoms with van der Waals surface area (Å²) in [7, 11) is 0. The minimum Gasteiger partial charge on any atom is -0.313 e. The fraction of sp³-hybridized carbons (Fsp3) is 0.360. The van der Waals surface area contributed by atoms with E-state index in [0.29, 0.717) is 17.7 Å². The van der Waals surface area contributed by atoms with Gasteiger partial charge in [0.2, 0.25) is 11.8 Å². The zero-order valence-electron chi connectivity index (χ0n) is 18.2. The molecule has 0 aromatic heterocycles. The molecule has 0 aliphatic carbocycles. The average Bonchev–Trinajstić information content (AvgIpc) is 3.07. The Balaban J connectivity index is 1.25. The summed E-state index contributed by atoms with van der Waals surface area (Å²) in [6, 6.07) is 13.0. The van der Waals surface area contributed by atoms with E-state index in [4.69, 9.17) is 0 Å². The van der Waals surface area contributed by atoms with Gasteiger partial charge < -0.3 is 10.6 Å². The Hall–Kier alpha value is -3.36. The normalized spacial score (nSPS) is 22.2. The maximum Gasteiger partial charge on any atom is 0.262 e. The van der Waals surface area contributed by atoms with Crippen molar-refractivity contribution >= 4 is 23.6 Å². The second-order valence-corrected chi connectivity index (χ2v) is 8.71. The van der Waals surface area contributed by atoms with Crippen LogP contribution in [0.3, 0.4) is 0 Å². The smallest absolute Gasteiger partial charge is 0.262 e. The highest BCUT2D eigenvalue weighted by Crippen LogP contribution is 2.30. The average molecular weight is 447 g/mol. The van der Waals surface area contributed by atoms with Crippen LogP contribution in [-0.4, -0.2) is 47.7 Å². The highest BCUT2D eigenvalue weighted by atomic mass is 16.2. The second kappa shape index (κ2) is 8.88. The van der Waals surface area contributed by atoms with Crippen molar-refractivity contribution in [1.29, 1.82) is 0 Å². The Bertz CT molecular complexity index is 1140. The lowest BCUT2D eigenvalue weighted by Crippen LogP contribution is -2.54. The van der Waals surface area contributed by atoms with Crippen LogP contribution in [0.4, 0.5) is 0 Å². The Morgan fingerprint density at radius 2 is 1.82 bits per heavy atom. The number of nitrogens with one attached hydrogen (secondary N) is 3. The minimum absolute atomic E-state index is 0.108. The molecular weight excluding hydrogens is 420 g/mol. The van der Waals surface area contributed by atoms with Crippen LogP contribution in [0, 0.1) is 0 Å². The third kappa shape index (κ3) is 3.96. The lowest BCUT2D eigenvalue weighted by molar-refractivity contribution is -0.136. The topological polar surface area (TPSA) is 108 Å². The predicted molar refractivity (Wildman–Crippen MR) is 120 cm³/mol. The Kier molecular flexibility index (Phi) is 5.78. The number of piperidine rings is 1. The molecule has 5 rings (SSSR count). The SMILES string of the molecule is O=C1CCC(N2C(=O)c3cccc(CNCCC4NCCc5ccccc54)c3C2=O)C(=O)N1. The van der Waals surface area contributed by atoms with Crippen LogP contribution in [0.2, 0.25) is 0 Å². The highest BCUT2D eigenvalue weighted by Gasteiger charge is 2.45. The summed E-state index contributed by atoms with van der Waals surface area (Å²) in [5.41, 5.74) is 4.12. The van der Waals surface area contributed by atoms with Crippen molar-refractivity contribution in [2.75, 3.05) is 13.1 Å². The van der Waals surface area contributed by atoms with Crippen LogP contribution >= 0.6 is 0 Å². The van der Waals surface area contributed by atoms with E-state index >= 15 is 0 Å². The molecule has 3 aliphatic heterocycles. The van der Waals surface area contributed by atoms with E-state index in [9.17, 15) is 19.2 Å². The van der Waals surface area contributed by atoms with Gasteiger partial charge in [-0.2, -0.15) is 0 Å². The number of benzene rings is 2. The molecular formula is C25H26N4O4. The first kappa shape index (κ1) is 21.5. The second-order valence-electron chi connectivity index (χ2n) is 8.71. The minimum atomic E-state index is -0.951. The molecule has 33 heavy (non-hydrogen) atoms. The monoisotopic (exact) mass is 446 g/mol. The molecule has 2 unspecified atom stereocenters. The fourth-order valence-corrected chi connectivity index (χ4v) is 5.05. The molecule has 2 aromatic rings. The maximum absolute atomic E-state index is 13.2. The third-order valence-electron chi connectivity index (χ3n) is 6.70. The number of hydrogen-bond donors (Lipinski definition) is 3. The van der Waals surface area contributed by atoms with Crippen LogP contribution in [0.25, 0.3) is 0 Å². The van der Waals surface area contributed by atoms with Crippen LogP contribution in [0.5, 0.6) is 0 Å². The van der Waals surface area contributed by atoms with E-state index in [1.54, 1.807) is 12.1 Å². The molecule has 4 amide bonds. The number of fused-ring (bicyclic) bond motifs is 2. The van der Waals surface area contributed by atoms with E-state index < -0.39 is 23.8 Å². The Morgan fingerprint density at radius 3 is 2.67 bits per heavy atom. The van der Waals surface area contributed by atoms with Gasteiger partial charge in [0.1, 0.15) is 6.04 Å². The van der Waals surface area contributed by atoms with Crippen LogP contribution in [0.1, 0.15) is 62.7 Å². The van der Waals surface area contributed by atoms with Gasteiger partial charge in [-0.3, -0.25) is 29.4 Å². The van der Waals surface area contributed by atoms with Crippen molar-refractivity contribution < 1.29 is 19.2 Å². The van der Waals surface area contributed by atoms with Crippen molar-refractivity contribution in [2.24, 2.45) is 0 Å². The summed E-state index contributed by atoms with van der Waals surface area (Å²) in [6.45, 7) is 2.15. The first-order valence-electron chi connectivity index (χ1n) is 11.4. The number of imide groups is 2. The molecule has 2 aromatic carbocycles. The van der Waals surface area contributed by atoms with Crippen LogP contribution < -0.4 is 16.0 Å². The zero-order valence-corrected chi connectivity index (χ0v) is 18.2. The van der Waals surface area contributed by atoms with Gasteiger partial charge in [0.15, 0.2) is 0 Å². The molecule has 0 saturated carbocycles. The number of amides is 4. The molecule has 1 fully saturated rings. The van der Waals surface area contributed by atoms with Crippen molar-refractivity contribution in [1.82, 2.24) is 20.9 Å². The first-order chi connectivity index (χ1) is 16.0. The van der Waals surface area contributed by atoms with E-state index in [0.717, 1.165) is 36.4 Å². The molecule has 8 nitrogen and oxygen atoms in total. The van der Waals surface area contributed by atoms with Gasteiger partial charge in [-0.1, -0.05) is 36.4 Å². The number of rotatable bonds is 6. The molecule has 3 heterocycles. The molecule has 0 bridgehead atoms. The quantitative estimate of drug-likeness (QED) is 0.458. The predicted octanol–water partition coefficient (Wildman–Crippen LogP) is 1.45. The van der Waals surface area contributed by atoms with Crippen LogP contribution in [0.15, 0.2) is 42.5 Å². The number of hydrogen-bond acceptors (Lipinski definition) is 6. The van der Waals surface area contributed by atoms with Gasteiger partial charge in [0.05, 0.1) is 11.1 Å². The molecule has 170 valence electrons. The largest absolute Gasteiger partial charge is 0.313 e. The fourth-order valence-electron chi connectivity index (χ4n) is 5.05. The van der Waals surface area contributed by atoms with E-state index in [2.05, 4.69) is 40.2 Å². The summed E-state index contributed by atoms with van der Waals surface area (Å²) in [4.78, 5) is 50.9. The zero-order chi connectivity index (χ0) is 22.9. The molecule has 0 radical (unpaired) electrons. The molecule has 8 heteroatoms. The standard InChI is InChI=1S/C25H26N4O4/c30-21-9-8-20(23(31)28-21)29-24(32)18-7-3-5-16(22(18)25(29)33)14-26-12-11-19-17-6-2-1-4-15(17)10-13-27-19/h1-7,19-20,26-27H,8-14H2,(H,28,30,31). The summed E-state index contributed by atoms with van der Waals surface area (Å²) in [5.74, 6) is -1.92. The van der Waals surface area contributed by atoms with Crippen molar-refractivity contribution in [3.8, 4) is 0 Å². The van der Waals surface area contributed by atoms with Gasteiger partial charge in [-0.05, 0) is 55.1 Å². The van der Waals surface area contributed by atoms with E-state index in [1.807, 2.05) is 6.07 Å². The maximum atomic E-state index is 13.2. The van der Waals surface area contributed by atoms with Gasteiger partial charge in [-0.25, -0.2) is 0 Å². The highest BCUT2D eigenvalue weighted by molar-refractivity contribution is 6.24. The third-order valence-corrected chi connectivity index (χ3v) is 6.70. The van der Waals surface area contributed by atoms with Crippen molar-refractivity contribution in [3.63, 3.8) is 0 Å². The van der Waals surface area contributed by atoms with Crippen molar-refractivity contribution in [3.05, 3.63) is 70.3 Å². The summed E-state index contributed by atoms with van der Waals surface area (Å²) >= 11 is 0. The summed E-state index contributed by atoms with van der Waals surface area (Å²) in [5, 5.41) is 9.21. The summed E-state index contributed by atoms with van der Waals surface area (Å²) in [6.07, 6.45) is 2.20. The lowest BCUT2D eigenvalue weighted by Gasteiger charge is -2.28. The van der Waals surface area contributed by atoms with Gasteiger partial charge >= 0.3 is 0 Å². The Labute approximate surface area is 191 Å². The van der Waals surface area contributed by atoms with Gasteiger partial charge in [-0.15, -0.1) is 0 Å². The van der Waals surface area contributed by atoms with Gasteiger partial charge in [0, 0.05) is 19.0 Å². The van der Waals surface area contributed by atoms with Gasteiger partial charge in [0.25, 0.3) is 11.8 Å². The molecule has 1 saturated heterocycles. The van der Waals surface area contributed by atoms with Crippen molar-refractivity contribution in [2.45, 2.75) is 44.3 Å². The van der Waals surface area contributed by atoms with Crippen LogP contribution in [-0.2, 0) is 22.6 Å². The number of nitrogens with zero attached hydrogens (tertiary/aromatic N) is 1. The molecule has 0 spiro atoms. The Morgan fingerprint density at radius 1 is 0.970 bits per heavy atom. The number of carbonyl (C=O) groups is 4. The number of carbonyl (C=O) groups excluding carboxylic acids is 4. The van der Waals surface area contributed by atoms with E-state index in [-0.39, 0.29) is 24.8 Å². The summed E-state index contributed by atoms with van der Waals surface area (Å²) < 4.78 is 0. The molecule has 3 N–H and O–H groups in total. The van der Waals surface area contributed by atoms with E-state index in [1.165, 1.54) is 11.1 Å². The molecule has 3 aliphatic rings.